The van der Waals surface area contributed by atoms with E-state index in [1.165, 1.54) is 17.3 Å². The second-order valence-corrected chi connectivity index (χ2v) is 7.76. The summed E-state index contributed by atoms with van der Waals surface area (Å²) in [6.07, 6.45) is 3.01. The van der Waals surface area contributed by atoms with E-state index in [9.17, 15) is 14.7 Å². The highest BCUT2D eigenvalue weighted by Crippen LogP contribution is 2.44. The standard InChI is InChI=1S/C23H16Cl2N2O3/c1-13-4-2-3-5-18(13)20-19(21(28)14-6-8-26-9-7-14)22(29)23(30)27(20)17-11-15(24)10-16(25)12-17/h2-12,20,28H,1H3/b21-19+. The van der Waals surface area contributed by atoms with Crippen molar-refractivity contribution in [3.05, 3.63) is 99.3 Å². The van der Waals surface area contributed by atoms with E-state index in [1.54, 1.807) is 30.3 Å². The molecule has 0 radical (unpaired) electrons. The average molecular weight is 439 g/mol. The fourth-order valence-electron chi connectivity index (χ4n) is 3.63. The molecule has 150 valence electrons. The second-order valence-electron chi connectivity index (χ2n) is 6.89. The van der Waals surface area contributed by atoms with E-state index >= 15 is 0 Å². The third-order valence-electron chi connectivity index (χ3n) is 5.01. The summed E-state index contributed by atoms with van der Waals surface area (Å²) in [5, 5.41) is 11.7. The summed E-state index contributed by atoms with van der Waals surface area (Å²) >= 11 is 12.3. The van der Waals surface area contributed by atoms with Crippen molar-refractivity contribution in [2.45, 2.75) is 13.0 Å². The van der Waals surface area contributed by atoms with E-state index in [1.807, 2.05) is 31.2 Å². The van der Waals surface area contributed by atoms with Crippen LogP contribution in [0.25, 0.3) is 5.76 Å². The van der Waals surface area contributed by atoms with Crippen LogP contribution in [0.4, 0.5) is 5.69 Å². The fourth-order valence-corrected chi connectivity index (χ4v) is 4.14. The molecule has 1 N–H and O–H groups in total. The molecule has 1 unspecified atom stereocenters. The van der Waals surface area contributed by atoms with Crippen molar-refractivity contribution in [2.75, 3.05) is 4.90 Å². The highest BCUT2D eigenvalue weighted by molar-refractivity contribution is 6.52. The number of aryl methyl sites for hydroxylation is 1. The molecule has 1 aromatic heterocycles. The van der Waals surface area contributed by atoms with Gasteiger partial charge in [0.15, 0.2) is 0 Å². The fraction of sp³-hybridized carbons (Fsp3) is 0.0870. The van der Waals surface area contributed by atoms with Crippen LogP contribution in [0.5, 0.6) is 0 Å². The molecule has 1 saturated heterocycles. The van der Waals surface area contributed by atoms with Gasteiger partial charge in [0, 0.05) is 33.7 Å². The zero-order chi connectivity index (χ0) is 21.4. The zero-order valence-electron chi connectivity index (χ0n) is 15.8. The van der Waals surface area contributed by atoms with Crippen LogP contribution in [0, 0.1) is 6.92 Å². The summed E-state index contributed by atoms with van der Waals surface area (Å²) in [4.78, 5) is 31.4. The van der Waals surface area contributed by atoms with Gasteiger partial charge < -0.3 is 5.11 Å². The molecule has 0 aliphatic carbocycles. The number of amides is 1. The molecule has 1 fully saturated rings. The van der Waals surface area contributed by atoms with Crippen molar-refractivity contribution in [1.82, 2.24) is 4.98 Å². The van der Waals surface area contributed by atoms with Crippen LogP contribution in [0.3, 0.4) is 0 Å². The number of hydrogen-bond donors (Lipinski definition) is 1. The largest absolute Gasteiger partial charge is 0.507 e. The molecule has 1 aliphatic heterocycles. The summed E-state index contributed by atoms with van der Waals surface area (Å²) in [5.41, 5.74) is 2.34. The number of pyridine rings is 1. The first-order chi connectivity index (χ1) is 14.4. The van der Waals surface area contributed by atoms with E-state index in [-0.39, 0.29) is 11.3 Å². The number of halogens is 2. The number of rotatable bonds is 3. The third kappa shape index (κ3) is 3.47. The molecule has 3 aromatic rings. The number of aliphatic hydroxyl groups is 1. The van der Waals surface area contributed by atoms with Gasteiger partial charge >= 0.3 is 0 Å². The second kappa shape index (κ2) is 7.94. The number of aromatic nitrogens is 1. The molecule has 1 amide bonds. The molecule has 30 heavy (non-hydrogen) atoms. The Balaban J connectivity index is 2.00. The normalized spacial score (nSPS) is 18.1. The van der Waals surface area contributed by atoms with Crippen molar-refractivity contribution < 1.29 is 14.7 Å². The summed E-state index contributed by atoms with van der Waals surface area (Å²) in [7, 11) is 0. The van der Waals surface area contributed by atoms with Crippen LogP contribution in [0.1, 0.15) is 22.7 Å². The van der Waals surface area contributed by atoms with Crippen molar-refractivity contribution in [3.8, 4) is 0 Å². The lowest BCUT2D eigenvalue weighted by Gasteiger charge is -2.27. The molecule has 4 rings (SSSR count). The Hall–Kier alpha value is -3.15. The van der Waals surface area contributed by atoms with E-state index < -0.39 is 17.7 Å². The molecule has 1 aliphatic rings. The molecule has 2 aromatic carbocycles. The van der Waals surface area contributed by atoms with E-state index in [4.69, 9.17) is 23.2 Å². The monoisotopic (exact) mass is 438 g/mol. The minimum atomic E-state index is -0.839. The number of carbonyl (C=O) groups excluding carboxylic acids is 2. The van der Waals surface area contributed by atoms with Crippen molar-refractivity contribution in [3.63, 3.8) is 0 Å². The van der Waals surface area contributed by atoms with Crippen LogP contribution < -0.4 is 4.90 Å². The molecule has 0 saturated carbocycles. The first kappa shape index (κ1) is 20.1. The molecule has 0 spiro atoms. The van der Waals surface area contributed by atoms with Gasteiger partial charge in [0.05, 0.1) is 11.6 Å². The quantitative estimate of drug-likeness (QED) is 0.341. The molecule has 2 heterocycles. The lowest BCUT2D eigenvalue weighted by molar-refractivity contribution is -0.132. The first-order valence-electron chi connectivity index (χ1n) is 9.11. The minimum absolute atomic E-state index is 0.00315. The molecular formula is C23H16Cl2N2O3. The van der Waals surface area contributed by atoms with E-state index in [0.29, 0.717) is 26.9 Å². The minimum Gasteiger partial charge on any atom is -0.507 e. The summed E-state index contributed by atoms with van der Waals surface area (Å²) in [6, 6.07) is 14.4. The van der Waals surface area contributed by atoms with Gasteiger partial charge in [0.1, 0.15) is 5.76 Å². The first-order valence-corrected chi connectivity index (χ1v) is 9.87. The van der Waals surface area contributed by atoms with Gasteiger partial charge in [-0.25, -0.2) is 0 Å². The molecular weight excluding hydrogens is 423 g/mol. The topological polar surface area (TPSA) is 70.5 Å². The zero-order valence-corrected chi connectivity index (χ0v) is 17.4. The van der Waals surface area contributed by atoms with E-state index in [0.717, 1.165) is 5.56 Å². The van der Waals surface area contributed by atoms with Crippen LogP contribution in [-0.4, -0.2) is 21.8 Å². The summed E-state index contributed by atoms with van der Waals surface area (Å²) < 4.78 is 0. The van der Waals surface area contributed by atoms with Crippen LogP contribution in [0.15, 0.2) is 72.6 Å². The summed E-state index contributed by atoms with van der Waals surface area (Å²) in [5.74, 6) is -1.81. The highest BCUT2D eigenvalue weighted by atomic mass is 35.5. The Labute approximate surface area is 183 Å². The predicted octanol–water partition coefficient (Wildman–Crippen LogP) is 5.32. The number of Topliss-reactive ketones (excluding diaryl/α,β-unsaturated/α-hetero) is 1. The highest BCUT2D eigenvalue weighted by Gasteiger charge is 2.47. The third-order valence-corrected chi connectivity index (χ3v) is 5.44. The molecule has 1 atom stereocenters. The lowest BCUT2D eigenvalue weighted by atomic mass is 9.92. The Morgan fingerprint density at radius 1 is 1.00 bits per heavy atom. The average Bonchev–Trinajstić information content (AvgIpc) is 2.98. The predicted molar refractivity (Wildman–Crippen MR) is 117 cm³/mol. The van der Waals surface area contributed by atoms with Crippen molar-refractivity contribution in [2.24, 2.45) is 0 Å². The molecule has 0 bridgehead atoms. The van der Waals surface area contributed by atoms with Crippen LogP contribution in [0.2, 0.25) is 10.0 Å². The number of anilines is 1. The van der Waals surface area contributed by atoms with Gasteiger partial charge in [-0.15, -0.1) is 0 Å². The van der Waals surface area contributed by atoms with Gasteiger partial charge in [0.25, 0.3) is 11.7 Å². The maximum atomic E-state index is 13.1. The number of carbonyl (C=O) groups is 2. The van der Waals surface area contributed by atoms with Crippen molar-refractivity contribution >= 4 is 46.3 Å². The van der Waals surface area contributed by atoms with Gasteiger partial charge in [-0.05, 0) is 48.4 Å². The molecule has 5 nitrogen and oxygen atoms in total. The molecule has 7 heteroatoms. The number of hydrogen-bond acceptors (Lipinski definition) is 4. The number of ketones is 1. The van der Waals surface area contributed by atoms with E-state index in [2.05, 4.69) is 4.98 Å². The number of aliphatic hydroxyl groups excluding tert-OH is 1. The SMILES string of the molecule is Cc1ccccc1C1/C(=C(\O)c2ccncc2)C(=O)C(=O)N1c1cc(Cl)cc(Cl)c1. The van der Waals surface area contributed by atoms with Gasteiger partial charge in [-0.3, -0.25) is 19.5 Å². The maximum absolute atomic E-state index is 13.1. The number of nitrogens with zero attached hydrogens (tertiary/aromatic N) is 2. The maximum Gasteiger partial charge on any atom is 0.300 e. The van der Waals surface area contributed by atoms with Gasteiger partial charge in [-0.1, -0.05) is 47.5 Å². The number of benzene rings is 2. The Kier molecular flexibility index (Phi) is 5.33. The Morgan fingerprint density at radius 3 is 2.27 bits per heavy atom. The van der Waals surface area contributed by atoms with Gasteiger partial charge in [-0.2, -0.15) is 0 Å². The lowest BCUT2D eigenvalue weighted by Crippen LogP contribution is -2.29. The van der Waals surface area contributed by atoms with Gasteiger partial charge in [0.2, 0.25) is 0 Å². The Morgan fingerprint density at radius 2 is 1.63 bits per heavy atom. The van der Waals surface area contributed by atoms with Crippen molar-refractivity contribution in [1.29, 1.82) is 0 Å². The smallest absolute Gasteiger partial charge is 0.300 e. The van der Waals surface area contributed by atoms with Crippen LogP contribution in [-0.2, 0) is 9.59 Å². The Bertz CT molecular complexity index is 1170. The summed E-state index contributed by atoms with van der Waals surface area (Å²) in [6.45, 7) is 1.88. The van der Waals surface area contributed by atoms with Crippen LogP contribution >= 0.6 is 23.2 Å².